The highest BCUT2D eigenvalue weighted by Gasteiger charge is 2.39. The first-order valence-corrected chi connectivity index (χ1v) is 7.99. The number of amides is 2. The average Bonchev–Trinajstić information content (AvgIpc) is 2.89. The third-order valence-corrected chi connectivity index (χ3v) is 4.21. The van der Waals surface area contributed by atoms with Gasteiger partial charge < -0.3 is 10.1 Å². The Morgan fingerprint density at radius 1 is 1.12 bits per heavy atom. The molecule has 0 bridgehead atoms. The van der Waals surface area contributed by atoms with Gasteiger partial charge >= 0.3 is 0 Å². The van der Waals surface area contributed by atoms with Gasteiger partial charge in [-0.3, -0.25) is 9.59 Å². The molecule has 24 heavy (non-hydrogen) atoms. The number of hydrogen-bond acceptors (Lipinski definition) is 4. The summed E-state index contributed by atoms with van der Waals surface area (Å²) in [5.41, 5.74) is 2.60. The quantitative estimate of drug-likeness (QED) is 0.859. The lowest BCUT2D eigenvalue weighted by Crippen LogP contribution is -2.34. The predicted molar refractivity (Wildman–Crippen MR) is 93.3 cm³/mol. The fourth-order valence-electron chi connectivity index (χ4n) is 2.90. The maximum absolute atomic E-state index is 12.7. The summed E-state index contributed by atoms with van der Waals surface area (Å²) in [4.78, 5) is 26.3. The van der Waals surface area contributed by atoms with Crippen molar-refractivity contribution in [1.29, 1.82) is 0 Å². The topological polar surface area (TPSA) is 58.6 Å². The van der Waals surface area contributed by atoms with E-state index in [1.54, 1.807) is 31.4 Å². The molecule has 1 aliphatic rings. The molecule has 1 N–H and O–H groups in total. The van der Waals surface area contributed by atoms with Crippen LogP contribution in [0.3, 0.4) is 0 Å². The molecule has 124 valence electrons. The van der Waals surface area contributed by atoms with Crippen molar-refractivity contribution in [2.75, 3.05) is 17.3 Å². The van der Waals surface area contributed by atoms with Crippen molar-refractivity contribution < 1.29 is 14.3 Å². The van der Waals surface area contributed by atoms with Crippen molar-refractivity contribution in [1.82, 2.24) is 0 Å². The third kappa shape index (κ3) is 2.97. The molecule has 1 heterocycles. The zero-order valence-corrected chi connectivity index (χ0v) is 13.8. The van der Waals surface area contributed by atoms with E-state index in [1.807, 2.05) is 24.3 Å². The number of nitrogens with zero attached hydrogens (tertiary/aromatic N) is 1. The molecule has 0 spiro atoms. The van der Waals surface area contributed by atoms with Gasteiger partial charge in [0.05, 0.1) is 19.2 Å². The van der Waals surface area contributed by atoms with Crippen LogP contribution < -0.4 is 15.0 Å². The van der Waals surface area contributed by atoms with Gasteiger partial charge in [0.15, 0.2) is 0 Å². The van der Waals surface area contributed by atoms with Gasteiger partial charge in [0, 0.05) is 5.69 Å². The molecule has 2 aromatic rings. The molecule has 0 saturated carbocycles. The Hall–Kier alpha value is -2.82. The Morgan fingerprint density at radius 2 is 1.83 bits per heavy atom. The number of carbonyl (C=O) groups excluding carboxylic acids is 2. The maximum Gasteiger partial charge on any atom is 0.256 e. The minimum Gasteiger partial charge on any atom is -0.497 e. The number of rotatable bonds is 5. The Morgan fingerprint density at radius 3 is 2.50 bits per heavy atom. The van der Waals surface area contributed by atoms with Gasteiger partial charge in [-0.05, 0) is 42.3 Å². The lowest BCUT2D eigenvalue weighted by molar-refractivity contribution is -0.121. The van der Waals surface area contributed by atoms with E-state index in [0.29, 0.717) is 11.4 Å². The van der Waals surface area contributed by atoms with Gasteiger partial charge in [0.1, 0.15) is 11.8 Å². The Labute approximate surface area is 141 Å². The highest BCUT2D eigenvalue weighted by Crippen LogP contribution is 2.27. The number of aryl methyl sites for hydroxylation is 1. The molecular formula is C19H20N2O3. The van der Waals surface area contributed by atoms with Crippen molar-refractivity contribution in [2.45, 2.75) is 25.8 Å². The third-order valence-electron chi connectivity index (χ3n) is 4.21. The van der Waals surface area contributed by atoms with Gasteiger partial charge in [-0.1, -0.05) is 25.1 Å². The van der Waals surface area contributed by atoms with E-state index in [-0.39, 0.29) is 18.2 Å². The molecule has 0 unspecified atom stereocenters. The molecular weight excluding hydrogens is 304 g/mol. The zero-order chi connectivity index (χ0) is 17.1. The number of carbonyl (C=O) groups is 2. The highest BCUT2D eigenvalue weighted by atomic mass is 16.5. The monoisotopic (exact) mass is 324 g/mol. The molecule has 2 amide bonds. The molecule has 5 nitrogen and oxygen atoms in total. The van der Waals surface area contributed by atoms with Crippen LogP contribution in [0, 0.1) is 0 Å². The summed E-state index contributed by atoms with van der Waals surface area (Å²) in [5, 5.41) is 3.23. The van der Waals surface area contributed by atoms with Crippen LogP contribution in [0.4, 0.5) is 11.4 Å². The van der Waals surface area contributed by atoms with Crippen molar-refractivity contribution >= 4 is 23.2 Å². The molecule has 2 aromatic carbocycles. The van der Waals surface area contributed by atoms with E-state index in [0.717, 1.165) is 17.7 Å². The van der Waals surface area contributed by atoms with Crippen molar-refractivity contribution in [3.63, 3.8) is 0 Å². The fraction of sp³-hybridized carbons (Fsp3) is 0.263. The number of methoxy groups -OCH3 is 1. The standard InChI is InChI=1S/C19H20N2O3/c1-3-13-6-4-5-7-16(13)20-17-12-18(22)21(19(17)23)14-8-10-15(24-2)11-9-14/h4-11,17,20H,3,12H2,1-2H3/t17-/m0/s1. The van der Waals surface area contributed by atoms with E-state index >= 15 is 0 Å². The van der Waals surface area contributed by atoms with Gasteiger partial charge in [-0.25, -0.2) is 4.90 Å². The van der Waals surface area contributed by atoms with Gasteiger partial charge in [0.2, 0.25) is 5.91 Å². The highest BCUT2D eigenvalue weighted by molar-refractivity contribution is 6.23. The first-order chi connectivity index (χ1) is 11.6. The first kappa shape index (κ1) is 16.1. The molecule has 0 aromatic heterocycles. The molecule has 1 aliphatic heterocycles. The zero-order valence-electron chi connectivity index (χ0n) is 13.8. The summed E-state index contributed by atoms with van der Waals surface area (Å²) >= 11 is 0. The number of hydrogen-bond donors (Lipinski definition) is 1. The van der Waals surface area contributed by atoms with Crippen LogP contribution in [0.15, 0.2) is 48.5 Å². The van der Waals surface area contributed by atoms with Crippen LogP contribution in [-0.4, -0.2) is 25.0 Å². The maximum atomic E-state index is 12.7. The van der Waals surface area contributed by atoms with Gasteiger partial charge in [0.25, 0.3) is 5.91 Å². The van der Waals surface area contributed by atoms with Crippen LogP contribution in [0.2, 0.25) is 0 Å². The van der Waals surface area contributed by atoms with Crippen LogP contribution >= 0.6 is 0 Å². The lowest BCUT2D eigenvalue weighted by atomic mass is 10.1. The summed E-state index contributed by atoms with van der Waals surface area (Å²) < 4.78 is 5.11. The van der Waals surface area contributed by atoms with E-state index in [9.17, 15) is 9.59 Å². The van der Waals surface area contributed by atoms with Crippen molar-refractivity contribution in [2.24, 2.45) is 0 Å². The smallest absolute Gasteiger partial charge is 0.256 e. The Bertz CT molecular complexity index is 755. The summed E-state index contributed by atoms with van der Waals surface area (Å²) in [7, 11) is 1.58. The fourth-order valence-corrected chi connectivity index (χ4v) is 2.90. The molecule has 1 saturated heterocycles. The SMILES string of the molecule is CCc1ccccc1N[C@H]1CC(=O)N(c2ccc(OC)cc2)C1=O. The minimum atomic E-state index is -0.535. The van der Waals surface area contributed by atoms with Crippen LogP contribution in [0.5, 0.6) is 5.75 Å². The van der Waals surface area contributed by atoms with Crippen molar-refractivity contribution in [3.05, 3.63) is 54.1 Å². The molecule has 0 radical (unpaired) electrons. The van der Waals surface area contributed by atoms with Crippen molar-refractivity contribution in [3.8, 4) is 5.75 Å². The number of para-hydroxylation sites is 1. The average molecular weight is 324 g/mol. The molecule has 5 heteroatoms. The first-order valence-electron chi connectivity index (χ1n) is 7.99. The van der Waals surface area contributed by atoms with Crippen LogP contribution in [0.25, 0.3) is 0 Å². The van der Waals surface area contributed by atoms with E-state index in [2.05, 4.69) is 12.2 Å². The lowest BCUT2D eigenvalue weighted by Gasteiger charge is -2.17. The second-order valence-electron chi connectivity index (χ2n) is 5.68. The number of anilines is 2. The minimum absolute atomic E-state index is 0.156. The van der Waals surface area contributed by atoms with Crippen LogP contribution in [0.1, 0.15) is 18.9 Å². The Kier molecular flexibility index (Phi) is 4.51. The second-order valence-corrected chi connectivity index (χ2v) is 5.68. The van der Waals surface area contributed by atoms with Gasteiger partial charge in [-0.2, -0.15) is 0 Å². The van der Waals surface area contributed by atoms with E-state index in [1.165, 1.54) is 4.90 Å². The second kappa shape index (κ2) is 6.74. The normalized spacial score (nSPS) is 17.2. The van der Waals surface area contributed by atoms with Crippen LogP contribution in [-0.2, 0) is 16.0 Å². The summed E-state index contributed by atoms with van der Waals surface area (Å²) in [5.74, 6) is 0.261. The summed E-state index contributed by atoms with van der Waals surface area (Å²) in [6.45, 7) is 2.06. The van der Waals surface area contributed by atoms with Gasteiger partial charge in [-0.15, -0.1) is 0 Å². The van der Waals surface area contributed by atoms with E-state index < -0.39 is 6.04 Å². The van der Waals surface area contributed by atoms with E-state index in [4.69, 9.17) is 4.74 Å². The summed E-state index contributed by atoms with van der Waals surface area (Å²) in [6.07, 6.45) is 1.02. The Balaban J connectivity index is 1.80. The predicted octanol–water partition coefficient (Wildman–Crippen LogP) is 3.00. The number of benzene rings is 2. The number of nitrogens with one attached hydrogen (secondary N) is 1. The largest absolute Gasteiger partial charge is 0.497 e. The summed E-state index contributed by atoms with van der Waals surface area (Å²) in [6, 6.07) is 14.2. The molecule has 3 rings (SSSR count). The molecule has 0 aliphatic carbocycles. The number of imide groups is 1. The molecule has 1 atom stereocenters. The number of ether oxygens (including phenoxy) is 1. The molecule has 1 fully saturated rings.